The van der Waals surface area contributed by atoms with Gasteiger partial charge in [0.1, 0.15) is 24.4 Å². The number of hydrogen-bond donors (Lipinski definition) is 6. The number of nitrogens with one attached hydrogen (secondary N) is 1. The largest absolute Gasteiger partial charge is 0.394 e. The Morgan fingerprint density at radius 1 is 0.767 bits per heavy atom. The van der Waals surface area contributed by atoms with Crippen molar-refractivity contribution >= 4 is 5.91 Å². The molecule has 1 aliphatic heterocycles. The maximum absolute atomic E-state index is 12.8. The minimum absolute atomic E-state index is 0.141. The van der Waals surface area contributed by atoms with Gasteiger partial charge in [0.25, 0.3) is 0 Å². The van der Waals surface area contributed by atoms with Crippen molar-refractivity contribution in [2.45, 2.75) is 185 Å². The lowest BCUT2D eigenvalue weighted by Gasteiger charge is -2.40. The van der Waals surface area contributed by atoms with Crippen LogP contribution in [0.4, 0.5) is 0 Å². The Morgan fingerprint density at radius 2 is 1.33 bits per heavy atom. The number of carbonyl (C=O) groups excluding carboxylic acids is 1. The van der Waals surface area contributed by atoms with Gasteiger partial charge >= 0.3 is 0 Å². The topological polar surface area (TPSA) is 149 Å². The van der Waals surface area contributed by atoms with E-state index in [1.54, 1.807) is 0 Å². The van der Waals surface area contributed by atoms with Gasteiger partial charge < -0.3 is 40.3 Å². The summed E-state index contributed by atoms with van der Waals surface area (Å²) in [4.78, 5) is 12.8. The molecular weight excluding hydrogens is 550 g/mol. The lowest BCUT2D eigenvalue weighted by atomic mass is 9.99. The fraction of sp³-hybridized carbons (Fsp3) is 0.912. The number of rotatable bonds is 27. The second kappa shape index (κ2) is 26.2. The standard InChI is InChI=1S/C34H65NO8/c1-3-5-7-9-11-13-15-17-19-21-23-28(37)27(26-42-34-33(41)32(40)31(39)29(25-36)43-34)35-30(38)24-22-20-18-16-14-12-10-8-6-4-2/h10,12,27-29,31-34,36-37,39-41H,3-9,11,13-26H2,1-2H3,(H,35,38)/b12-10-. The third-order valence-electron chi connectivity index (χ3n) is 8.37. The molecule has 1 heterocycles. The highest BCUT2D eigenvalue weighted by Crippen LogP contribution is 2.23. The lowest BCUT2D eigenvalue weighted by Crippen LogP contribution is -2.60. The highest BCUT2D eigenvalue weighted by molar-refractivity contribution is 5.76. The summed E-state index contributed by atoms with van der Waals surface area (Å²) in [6, 6.07) is -0.716. The molecule has 0 radical (unpaired) electrons. The van der Waals surface area contributed by atoms with Crippen LogP contribution in [0, 0.1) is 0 Å². The molecule has 1 aliphatic rings. The molecule has 7 atom stereocenters. The van der Waals surface area contributed by atoms with E-state index in [1.165, 1.54) is 57.8 Å². The predicted molar refractivity (Wildman–Crippen MR) is 170 cm³/mol. The molecule has 0 spiro atoms. The van der Waals surface area contributed by atoms with E-state index in [-0.39, 0.29) is 12.5 Å². The van der Waals surface area contributed by atoms with Crippen LogP contribution >= 0.6 is 0 Å². The van der Waals surface area contributed by atoms with Crippen LogP contribution in [0.15, 0.2) is 12.2 Å². The summed E-state index contributed by atoms with van der Waals surface area (Å²) < 4.78 is 11.1. The van der Waals surface area contributed by atoms with Crippen molar-refractivity contribution in [1.29, 1.82) is 0 Å². The molecule has 0 aliphatic carbocycles. The maximum atomic E-state index is 12.8. The van der Waals surface area contributed by atoms with E-state index in [0.717, 1.165) is 57.8 Å². The SMILES string of the molecule is CCCC/C=C\CCCCCCC(=O)NC(COC1OC(CO)C(O)C(O)C1O)C(O)CCCCCCCCCCCC. The molecule has 43 heavy (non-hydrogen) atoms. The van der Waals surface area contributed by atoms with Crippen molar-refractivity contribution < 1.29 is 39.8 Å². The lowest BCUT2D eigenvalue weighted by molar-refractivity contribution is -0.302. The van der Waals surface area contributed by atoms with Gasteiger partial charge in [-0.1, -0.05) is 116 Å². The smallest absolute Gasteiger partial charge is 0.220 e. The van der Waals surface area contributed by atoms with Crippen molar-refractivity contribution in [2.75, 3.05) is 13.2 Å². The molecule has 0 aromatic rings. The Bertz CT molecular complexity index is 691. The molecular formula is C34H65NO8. The van der Waals surface area contributed by atoms with Crippen molar-refractivity contribution in [3.63, 3.8) is 0 Å². The molecule has 1 saturated heterocycles. The normalized spacial score (nSPS) is 23.9. The van der Waals surface area contributed by atoms with E-state index in [2.05, 4.69) is 31.3 Å². The predicted octanol–water partition coefficient (Wildman–Crippen LogP) is 5.05. The zero-order valence-corrected chi connectivity index (χ0v) is 27.2. The Balaban J connectivity index is 2.49. The Morgan fingerprint density at radius 3 is 1.95 bits per heavy atom. The first-order valence-electron chi connectivity index (χ1n) is 17.4. The summed E-state index contributed by atoms with van der Waals surface area (Å²) in [5.74, 6) is -0.163. The van der Waals surface area contributed by atoms with Gasteiger partial charge in [-0.3, -0.25) is 4.79 Å². The average Bonchev–Trinajstić information content (AvgIpc) is 3.00. The van der Waals surface area contributed by atoms with Crippen LogP contribution < -0.4 is 5.32 Å². The van der Waals surface area contributed by atoms with Crippen LogP contribution in [-0.4, -0.2) is 87.5 Å². The summed E-state index contributed by atoms with van der Waals surface area (Å²) >= 11 is 0. The summed E-state index contributed by atoms with van der Waals surface area (Å²) in [7, 11) is 0. The first-order valence-corrected chi connectivity index (χ1v) is 17.4. The Kier molecular flexibility index (Phi) is 24.3. The van der Waals surface area contributed by atoms with E-state index < -0.39 is 49.5 Å². The van der Waals surface area contributed by atoms with Gasteiger partial charge in [-0.15, -0.1) is 0 Å². The van der Waals surface area contributed by atoms with E-state index in [4.69, 9.17) is 9.47 Å². The molecule has 1 rings (SSSR count). The highest BCUT2D eigenvalue weighted by atomic mass is 16.7. The van der Waals surface area contributed by atoms with Gasteiger partial charge in [0.15, 0.2) is 6.29 Å². The van der Waals surface area contributed by atoms with E-state index in [9.17, 15) is 30.3 Å². The van der Waals surface area contributed by atoms with Gasteiger partial charge in [-0.25, -0.2) is 0 Å². The first kappa shape index (κ1) is 40.0. The minimum atomic E-state index is -1.55. The van der Waals surface area contributed by atoms with Crippen molar-refractivity contribution in [3.05, 3.63) is 12.2 Å². The molecule has 0 saturated carbocycles. The second-order valence-corrected chi connectivity index (χ2v) is 12.3. The van der Waals surface area contributed by atoms with Crippen LogP contribution in [0.2, 0.25) is 0 Å². The highest BCUT2D eigenvalue weighted by Gasteiger charge is 2.44. The fourth-order valence-corrected chi connectivity index (χ4v) is 5.43. The zero-order chi connectivity index (χ0) is 31.7. The number of amides is 1. The third-order valence-corrected chi connectivity index (χ3v) is 8.37. The quantitative estimate of drug-likeness (QED) is 0.0556. The number of carbonyl (C=O) groups is 1. The fourth-order valence-electron chi connectivity index (χ4n) is 5.43. The van der Waals surface area contributed by atoms with E-state index >= 15 is 0 Å². The van der Waals surface area contributed by atoms with Crippen molar-refractivity contribution in [1.82, 2.24) is 5.32 Å². The molecule has 9 nitrogen and oxygen atoms in total. The van der Waals surface area contributed by atoms with Crippen molar-refractivity contribution in [3.8, 4) is 0 Å². The second-order valence-electron chi connectivity index (χ2n) is 12.3. The third kappa shape index (κ3) is 18.5. The molecule has 0 bridgehead atoms. The Hall–Kier alpha value is -1.07. The van der Waals surface area contributed by atoms with Gasteiger partial charge in [0, 0.05) is 6.42 Å². The molecule has 1 amide bonds. The van der Waals surface area contributed by atoms with Crippen LogP contribution in [0.25, 0.3) is 0 Å². The zero-order valence-electron chi connectivity index (χ0n) is 27.2. The summed E-state index contributed by atoms with van der Waals surface area (Å²) in [6.45, 7) is 3.72. The molecule has 6 N–H and O–H groups in total. The summed E-state index contributed by atoms with van der Waals surface area (Å²) in [5.41, 5.74) is 0. The number of hydrogen-bond acceptors (Lipinski definition) is 8. The summed E-state index contributed by atoms with van der Waals surface area (Å²) in [5, 5.41) is 53.8. The van der Waals surface area contributed by atoms with Crippen molar-refractivity contribution in [2.24, 2.45) is 0 Å². The molecule has 254 valence electrons. The van der Waals surface area contributed by atoms with Gasteiger partial charge in [-0.05, 0) is 32.1 Å². The molecule has 1 fully saturated rings. The molecule has 0 aromatic heterocycles. The van der Waals surface area contributed by atoms with Crippen LogP contribution in [0.5, 0.6) is 0 Å². The number of allylic oxidation sites excluding steroid dienone is 2. The number of aliphatic hydroxyl groups is 5. The van der Waals surface area contributed by atoms with Gasteiger partial charge in [0.05, 0.1) is 25.4 Å². The first-order chi connectivity index (χ1) is 20.8. The van der Waals surface area contributed by atoms with Crippen LogP contribution in [-0.2, 0) is 14.3 Å². The molecule has 7 unspecified atom stereocenters. The van der Waals surface area contributed by atoms with Crippen LogP contribution in [0.3, 0.4) is 0 Å². The number of unbranched alkanes of at least 4 members (excludes halogenated alkanes) is 15. The van der Waals surface area contributed by atoms with E-state index in [1.807, 2.05) is 0 Å². The number of ether oxygens (including phenoxy) is 2. The summed E-state index contributed by atoms with van der Waals surface area (Å²) in [6.07, 6.45) is 18.0. The molecule has 9 heteroatoms. The minimum Gasteiger partial charge on any atom is -0.394 e. The Labute approximate surface area is 261 Å². The maximum Gasteiger partial charge on any atom is 0.220 e. The molecule has 0 aromatic carbocycles. The van der Waals surface area contributed by atoms with Gasteiger partial charge in [0.2, 0.25) is 5.91 Å². The average molecular weight is 616 g/mol. The van der Waals surface area contributed by atoms with Crippen LogP contribution in [0.1, 0.15) is 142 Å². The monoisotopic (exact) mass is 615 g/mol. The van der Waals surface area contributed by atoms with Gasteiger partial charge in [-0.2, -0.15) is 0 Å². The van der Waals surface area contributed by atoms with E-state index in [0.29, 0.717) is 12.8 Å². The number of aliphatic hydroxyl groups excluding tert-OH is 5.